The molecule has 0 radical (unpaired) electrons. The van der Waals surface area contributed by atoms with Crippen LogP contribution in [-0.2, 0) is 13.6 Å². The van der Waals surface area contributed by atoms with Crippen LogP contribution in [0, 0.1) is 6.92 Å². The summed E-state index contributed by atoms with van der Waals surface area (Å²) in [5.41, 5.74) is 8.95. The number of rotatable bonds is 6. The number of hydrogen-bond acceptors (Lipinski definition) is 7. The van der Waals surface area contributed by atoms with Crippen molar-refractivity contribution >= 4 is 18.8 Å². The van der Waals surface area contributed by atoms with E-state index in [9.17, 15) is 9.36 Å². The van der Waals surface area contributed by atoms with Crippen LogP contribution >= 0.6 is 7.60 Å². The molecule has 0 unspecified atom stereocenters. The molecule has 2 heterocycles. The van der Waals surface area contributed by atoms with E-state index in [1.165, 1.54) is 19.5 Å². The van der Waals surface area contributed by atoms with Crippen LogP contribution in [0.2, 0.25) is 0 Å². The molecule has 116 valence electrons. The van der Waals surface area contributed by atoms with Gasteiger partial charge in [0.2, 0.25) is 0 Å². The fourth-order valence-electron chi connectivity index (χ4n) is 1.81. The lowest BCUT2D eigenvalue weighted by Crippen LogP contribution is -2.19. The Kier molecular flexibility index (Phi) is 4.54. The van der Waals surface area contributed by atoms with Gasteiger partial charge in [0.05, 0.1) is 17.5 Å². The Bertz CT molecular complexity index is 780. The standard InChI is InChI=1S/C12H12N3O6P/c1-7-9(11(21-15-7)8-4-5-20-6-8)10(16)12(14-13)22(17,18-2)19-3/h4-6H,1-3H3. The Labute approximate surface area is 125 Å². The van der Waals surface area contributed by atoms with Gasteiger partial charge in [-0.1, -0.05) is 5.16 Å². The Morgan fingerprint density at radius 2 is 2.09 bits per heavy atom. The largest absolute Gasteiger partial charge is 0.472 e. The van der Waals surface area contributed by atoms with E-state index >= 15 is 0 Å². The Balaban J connectivity index is 2.58. The predicted octanol–water partition coefficient (Wildman–Crippen LogP) is 2.54. The molecule has 0 aliphatic rings. The van der Waals surface area contributed by atoms with E-state index in [0.717, 1.165) is 14.2 Å². The highest BCUT2D eigenvalue weighted by molar-refractivity contribution is 7.75. The number of aryl methyl sites for hydroxylation is 1. The third-order valence-corrected chi connectivity index (χ3v) is 4.68. The quantitative estimate of drug-likeness (QED) is 0.262. The van der Waals surface area contributed by atoms with Crippen LogP contribution in [0.1, 0.15) is 16.1 Å². The van der Waals surface area contributed by atoms with Crippen LogP contribution in [0.3, 0.4) is 0 Å². The molecule has 0 aliphatic heterocycles. The molecular formula is C12H12N3O6P. The first-order chi connectivity index (χ1) is 10.5. The monoisotopic (exact) mass is 325 g/mol. The van der Waals surface area contributed by atoms with Crippen LogP contribution in [0.4, 0.5) is 0 Å². The minimum atomic E-state index is -4.05. The maximum atomic E-state index is 12.6. The van der Waals surface area contributed by atoms with Crippen LogP contribution in [-0.4, -0.2) is 35.4 Å². The van der Waals surface area contributed by atoms with Gasteiger partial charge in [-0.15, -0.1) is 0 Å². The summed E-state index contributed by atoms with van der Waals surface area (Å²) < 4.78 is 31.7. The van der Waals surface area contributed by atoms with E-state index in [2.05, 4.69) is 19.0 Å². The molecule has 9 nitrogen and oxygen atoms in total. The number of hydrogen-bond donors (Lipinski definition) is 0. The fraction of sp³-hybridized carbons (Fsp3) is 0.250. The lowest BCUT2D eigenvalue weighted by Gasteiger charge is -2.07. The van der Waals surface area contributed by atoms with Crippen molar-refractivity contribution in [3.63, 3.8) is 0 Å². The lowest BCUT2D eigenvalue weighted by molar-refractivity contribution is -0.00425. The van der Waals surface area contributed by atoms with Crippen molar-refractivity contribution in [2.45, 2.75) is 6.92 Å². The second-order valence-electron chi connectivity index (χ2n) is 4.10. The van der Waals surface area contributed by atoms with Crippen molar-refractivity contribution in [2.75, 3.05) is 14.2 Å². The van der Waals surface area contributed by atoms with E-state index in [-0.39, 0.29) is 17.0 Å². The van der Waals surface area contributed by atoms with Crippen LogP contribution < -0.4 is 0 Å². The molecule has 0 aliphatic carbocycles. The number of carbonyl (C=O) groups excluding carboxylic acids is 1. The zero-order valence-corrected chi connectivity index (χ0v) is 12.9. The summed E-state index contributed by atoms with van der Waals surface area (Å²) in [6, 6.07) is 1.55. The molecule has 0 amide bonds. The molecule has 10 heteroatoms. The smallest absolute Gasteiger partial charge is 0.449 e. The summed E-state index contributed by atoms with van der Waals surface area (Å²) >= 11 is 0. The molecule has 0 saturated heterocycles. The summed E-state index contributed by atoms with van der Waals surface area (Å²) in [6.45, 7) is 1.51. The zero-order chi connectivity index (χ0) is 16.3. The molecule has 0 saturated carbocycles. The third-order valence-electron chi connectivity index (χ3n) is 2.91. The van der Waals surface area contributed by atoms with Gasteiger partial charge >= 0.3 is 13.0 Å². The van der Waals surface area contributed by atoms with Gasteiger partial charge in [0.15, 0.2) is 5.76 Å². The van der Waals surface area contributed by atoms with Crippen LogP contribution in [0.25, 0.3) is 16.9 Å². The van der Waals surface area contributed by atoms with E-state index in [4.69, 9.17) is 14.5 Å². The highest BCUT2D eigenvalue weighted by Crippen LogP contribution is 2.48. The first kappa shape index (κ1) is 16.1. The highest BCUT2D eigenvalue weighted by Gasteiger charge is 2.46. The molecule has 2 rings (SSSR count). The Morgan fingerprint density at radius 1 is 1.41 bits per heavy atom. The summed E-state index contributed by atoms with van der Waals surface area (Å²) in [5, 5.41) is 3.70. The summed E-state index contributed by atoms with van der Waals surface area (Å²) in [5.74, 6) is -0.791. The van der Waals surface area contributed by atoms with Gasteiger partial charge in [-0.25, -0.2) is 4.57 Å². The summed E-state index contributed by atoms with van der Waals surface area (Å²) in [4.78, 5) is 15.4. The summed E-state index contributed by atoms with van der Waals surface area (Å²) in [7, 11) is -1.91. The average Bonchev–Trinajstić information content (AvgIpc) is 3.16. The molecule has 2 aromatic rings. The molecule has 2 aromatic heterocycles. The minimum absolute atomic E-state index is 0.0245. The normalized spacial score (nSPS) is 11.2. The minimum Gasteiger partial charge on any atom is -0.472 e. The molecular weight excluding hydrogens is 313 g/mol. The Morgan fingerprint density at radius 3 is 2.59 bits per heavy atom. The van der Waals surface area contributed by atoms with Crippen molar-refractivity contribution in [3.8, 4) is 11.3 Å². The van der Waals surface area contributed by atoms with Gasteiger partial charge in [0.1, 0.15) is 11.8 Å². The number of aromatic nitrogens is 1. The number of ketones is 1. The van der Waals surface area contributed by atoms with Crippen molar-refractivity contribution in [3.05, 3.63) is 35.4 Å². The van der Waals surface area contributed by atoms with Gasteiger partial charge in [-0.2, -0.15) is 4.79 Å². The molecule has 0 fully saturated rings. The highest BCUT2D eigenvalue weighted by atomic mass is 31.2. The molecule has 0 aromatic carbocycles. The first-order valence-electron chi connectivity index (χ1n) is 5.96. The average molecular weight is 325 g/mol. The van der Waals surface area contributed by atoms with E-state index < -0.39 is 18.8 Å². The van der Waals surface area contributed by atoms with E-state index in [0.29, 0.717) is 5.56 Å². The molecule has 22 heavy (non-hydrogen) atoms. The van der Waals surface area contributed by atoms with Crippen molar-refractivity contribution in [2.24, 2.45) is 0 Å². The Hall–Kier alpha value is -2.31. The first-order valence-corrected chi connectivity index (χ1v) is 7.50. The SMILES string of the molecule is COP(=O)(OC)C(=[N+]=[N-])C(=O)c1c(C)noc1-c1ccoc1. The predicted molar refractivity (Wildman–Crippen MR) is 73.5 cm³/mol. The van der Waals surface area contributed by atoms with Crippen molar-refractivity contribution in [1.82, 2.24) is 5.16 Å². The number of Topliss-reactive ketones (excluding diaryl/α,β-unsaturated/α-hetero) is 1. The fourth-order valence-corrected chi connectivity index (χ4v) is 2.78. The maximum absolute atomic E-state index is 12.6. The van der Waals surface area contributed by atoms with E-state index in [1.54, 1.807) is 6.07 Å². The van der Waals surface area contributed by atoms with Gasteiger partial charge in [-0.3, -0.25) is 4.79 Å². The van der Waals surface area contributed by atoms with Gasteiger partial charge in [0.25, 0.3) is 5.78 Å². The summed E-state index contributed by atoms with van der Waals surface area (Å²) in [6.07, 6.45) is 2.73. The third kappa shape index (κ3) is 2.58. The van der Waals surface area contributed by atoms with Crippen molar-refractivity contribution in [1.29, 1.82) is 0 Å². The number of nitrogens with zero attached hydrogens (tertiary/aromatic N) is 3. The van der Waals surface area contributed by atoms with Gasteiger partial charge in [-0.05, 0) is 13.0 Å². The second kappa shape index (κ2) is 6.21. The molecule has 0 bridgehead atoms. The van der Waals surface area contributed by atoms with Gasteiger partial charge < -0.3 is 23.5 Å². The van der Waals surface area contributed by atoms with Crippen molar-refractivity contribution < 1.29 is 32.1 Å². The van der Waals surface area contributed by atoms with Crippen LogP contribution in [0.5, 0.6) is 0 Å². The zero-order valence-electron chi connectivity index (χ0n) is 12.0. The maximum Gasteiger partial charge on any atom is 0.449 e. The number of carbonyl (C=O) groups is 1. The van der Waals surface area contributed by atoms with Gasteiger partial charge in [0, 0.05) is 14.2 Å². The molecule has 0 N–H and O–H groups in total. The second-order valence-corrected chi connectivity index (χ2v) is 6.25. The molecule has 0 atom stereocenters. The number of furan rings is 1. The topological polar surface area (TPSA) is 128 Å². The van der Waals surface area contributed by atoms with Crippen LogP contribution in [0.15, 0.2) is 27.5 Å². The van der Waals surface area contributed by atoms with E-state index in [1.807, 2.05) is 0 Å². The lowest BCUT2D eigenvalue weighted by atomic mass is 10.1. The molecule has 0 spiro atoms.